The number of rotatable bonds is 5. The van der Waals surface area contributed by atoms with E-state index in [1.54, 1.807) is 44.2 Å². The van der Waals surface area contributed by atoms with Crippen LogP contribution in [0.15, 0.2) is 18.2 Å². The fraction of sp³-hybridized carbons (Fsp3) is 0.429. The predicted molar refractivity (Wildman–Crippen MR) is 80.7 cm³/mol. The molecule has 6 nitrogen and oxygen atoms in total. The first-order valence-electron chi connectivity index (χ1n) is 6.45. The van der Waals surface area contributed by atoms with E-state index in [0.29, 0.717) is 23.5 Å². The van der Waals surface area contributed by atoms with Gasteiger partial charge in [0.05, 0.1) is 12.1 Å². The van der Waals surface area contributed by atoms with E-state index in [0.717, 1.165) is 0 Å². The quantitative estimate of drug-likeness (QED) is 0.783. The van der Waals surface area contributed by atoms with Crippen molar-refractivity contribution in [1.29, 1.82) is 0 Å². The number of carbonyl (C=O) groups excluding carboxylic acids is 2. The fourth-order valence-corrected chi connectivity index (χ4v) is 1.62. The van der Waals surface area contributed by atoms with Gasteiger partial charge in [0.25, 0.3) is 5.91 Å². The zero-order valence-electron chi connectivity index (χ0n) is 12.4. The van der Waals surface area contributed by atoms with Gasteiger partial charge >= 0.3 is 0 Å². The highest BCUT2D eigenvalue weighted by Gasteiger charge is 2.15. The van der Waals surface area contributed by atoms with Crippen LogP contribution in [0.3, 0.4) is 0 Å². The largest absolute Gasteiger partial charge is 0.399 e. The Hall–Kier alpha value is -2.24. The minimum absolute atomic E-state index is 0.0434. The zero-order valence-corrected chi connectivity index (χ0v) is 12.4. The van der Waals surface area contributed by atoms with Gasteiger partial charge in [-0.05, 0) is 25.1 Å². The number of carbonyl (C=O) groups is 2. The molecule has 2 amide bonds. The van der Waals surface area contributed by atoms with Crippen LogP contribution in [-0.4, -0.2) is 55.8 Å². The molecule has 0 saturated heterocycles. The van der Waals surface area contributed by atoms with E-state index in [1.807, 2.05) is 6.92 Å². The maximum atomic E-state index is 12.1. The standard InChI is InChI=1S/C14H22N4O2/c1-5-18(4)13(19)9-16-12-8-10(15)6-7-11(12)14(20)17(2)3/h6-8,16H,5,9,15H2,1-4H3. The van der Waals surface area contributed by atoms with Crippen LogP contribution in [0.5, 0.6) is 0 Å². The molecule has 1 aromatic carbocycles. The molecule has 0 aliphatic heterocycles. The molecule has 20 heavy (non-hydrogen) atoms. The number of anilines is 2. The Kier molecular flexibility index (Phi) is 5.37. The minimum Gasteiger partial charge on any atom is -0.399 e. The van der Waals surface area contributed by atoms with Crippen molar-refractivity contribution in [2.45, 2.75) is 6.92 Å². The van der Waals surface area contributed by atoms with Crippen LogP contribution in [0.4, 0.5) is 11.4 Å². The number of hydrogen-bond acceptors (Lipinski definition) is 4. The highest BCUT2D eigenvalue weighted by molar-refractivity contribution is 6.00. The lowest BCUT2D eigenvalue weighted by molar-refractivity contribution is -0.127. The topological polar surface area (TPSA) is 78.7 Å². The number of amides is 2. The molecule has 0 radical (unpaired) electrons. The van der Waals surface area contributed by atoms with Crippen LogP contribution in [0.2, 0.25) is 0 Å². The molecule has 0 aliphatic carbocycles. The van der Waals surface area contributed by atoms with Crippen LogP contribution < -0.4 is 11.1 Å². The summed E-state index contributed by atoms with van der Waals surface area (Å²) < 4.78 is 0. The van der Waals surface area contributed by atoms with Gasteiger partial charge in [-0.2, -0.15) is 0 Å². The van der Waals surface area contributed by atoms with Crippen molar-refractivity contribution in [2.24, 2.45) is 0 Å². The van der Waals surface area contributed by atoms with E-state index in [9.17, 15) is 9.59 Å². The highest BCUT2D eigenvalue weighted by atomic mass is 16.2. The molecule has 3 N–H and O–H groups in total. The molecule has 0 atom stereocenters. The van der Waals surface area contributed by atoms with E-state index in [1.165, 1.54) is 4.90 Å². The molecular weight excluding hydrogens is 256 g/mol. The van der Waals surface area contributed by atoms with E-state index in [-0.39, 0.29) is 18.4 Å². The molecule has 0 saturated carbocycles. The Labute approximate surface area is 119 Å². The van der Waals surface area contributed by atoms with Crippen LogP contribution in [0.25, 0.3) is 0 Å². The van der Waals surface area contributed by atoms with E-state index in [4.69, 9.17) is 5.73 Å². The van der Waals surface area contributed by atoms with Gasteiger partial charge in [0.2, 0.25) is 5.91 Å². The summed E-state index contributed by atoms with van der Waals surface area (Å²) in [6.45, 7) is 2.67. The van der Waals surface area contributed by atoms with Crippen LogP contribution >= 0.6 is 0 Å². The van der Waals surface area contributed by atoms with Gasteiger partial charge in [-0.15, -0.1) is 0 Å². The van der Waals surface area contributed by atoms with Crippen molar-refractivity contribution in [3.63, 3.8) is 0 Å². The monoisotopic (exact) mass is 278 g/mol. The second kappa shape index (κ2) is 6.79. The van der Waals surface area contributed by atoms with Crippen molar-refractivity contribution < 1.29 is 9.59 Å². The second-order valence-corrected chi connectivity index (χ2v) is 4.77. The summed E-state index contributed by atoms with van der Waals surface area (Å²) in [4.78, 5) is 26.9. The summed E-state index contributed by atoms with van der Waals surface area (Å²) in [5.74, 6) is -0.179. The van der Waals surface area contributed by atoms with Crippen LogP contribution in [0.1, 0.15) is 17.3 Å². The normalized spacial score (nSPS) is 10.0. The van der Waals surface area contributed by atoms with Gasteiger partial charge in [0.1, 0.15) is 0 Å². The van der Waals surface area contributed by atoms with Crippen molar-refractivity contribution in [2.75, 3.05) is 45.3 Å². The number of nitrogens with one attached hydrogen (secondary N) is 1. The zero-order chi connectivity index (χ0) is 15.3. The average molecular weight is 278 g/mol. The van der Waals surface area contributed by atoms with Gasteiger partial charge in [-0.3, -0.25) is 9.59 Å². The predicted octanol–water partition coefficient (Wildman–Crippen LogP) is 0.861. The number of nitrogens with zero attached hydrogens (tertiary/aromatic N) is 2. The molecule has 6 heteroatoms. The van der Waals surface area contributed by atoms with Gasteiger partial charge in [0, 0.05) is 39.1 Å². The minimum atomic E-state index is -0.135. The molecule has 0 fully saturated rings. The van der Waals surface area contributed by atoms with Gasteiger partial charge in [0.15, 0.2) is 0 Å². The number of nitrogen functional groups attached to an aromatic ring is 1. The van der Waals surface area contributed by atoms with E-state index >= 15 is 0 Å². The van der Waals surface area contributed by atoms with Gasteiger partial charge < -0.3 is 20.9 Å². The second-order valence-electron chi connectivity index (χ2n) is 4.77. The summed E-state index contributed by atoms with van der Waals surface area (Å²) in [5.41, 5.74) is 7.34. The Balaban J connectivity index is 2.91. The lowest BCUT2D eigenvalue weighted by atomic mass is 10.1. The summed E-state index contributed by atoms with van der Waals surface area (Å²) >= 11 is 0. The third kappa shape index (κ3) is 3.88. The molecular formula is C14H22N4O2. The SMILES string of the molecule is CCN(C)C(=O)CNc1cc(N)ccc1C(=O)N(C)C. The van der Waals surface area contributed by atoms with Gasteiger partial charge in [-0.25, -0.2) is 0 Å². The molecule has 1 aromatic rings. The summed E-state index contributed by atoms with van der Waals surface area (Å²) in [7, 11) is 5.09. The smallest absolute Gasteiger partial charge is 0.255 e. The molecule has 0 bridgehead atoms. The molecule has 110 valence electrons. The number of hydrogen-bond donors (Lipinski definition) is 2. The maximum absolute atomic E-state index is 12.1. The van der Waals surface area contributed by atoms with Crippen molar-refractivity contribution in [3.05, 3.63) is 23.8 Å². The van der Waals surface area contributed by atoms with Crippen LogP contribution in [-0.2, 0) is 4.79 Å². The molecule has 0 heterocycles. The van der Waals surface area contributed by atoms with Crippen LogP contribution in [0, 0.1) is 0 Å². The molecule has 1 rings (SSSR count). The molecule has 0 unspecified atom stereocenters. The Morgan fingerprint density at radius 3 is 2.45 bits per heavy atom. The van der Waals surface area contributed by atoms with E-state index < -0.39 is 0 Å². The Bertz CT molecular complexity index is 500. The van der Waals surface area contributed by atoms with E-state index in [2.05, 4.69) is 5.32 Å². The number of nitrogens with two attached hydrogens (primary N) is 1. The first-order valence-corrected chi connectivity index (χ1v) is 6.45. The average Bonchev–Trinajstić information content (AvgIpc) is 2.43. The summed E-state index contributed by atoms with van der Waals surface area (Å²) in [6, 6.07) is 4.99. The first kappa shape index (κ1) is 15.8. The van der Waals surface area contributed by atoms with Crippen molar-refractivity contribution in [3.8, 4) is 0 Å². The highest BCUT2D eigenvalue weighted by Crippen LogP contribution is 2.20. The maximum Gasteiger partial charge on any atom is 0.255 e. The Morgan fingerprint density at radius 2 is 1.90 bits per heavy atom. The molecule has 0 aliphatic rings. The third-order valence-corrected chi connectivity index (χ3v) is 3.01. The number of benzene rings is 1. The lowest BCUT2D eigenvalue weighted by Gasteiger charge is -2.18. The third-order valence-electron chi connectivity index (χ3n) is 3.01. The lowest BCUT2D eigenvalue weighted by Crippen LogP contribution is -2.32. The molecule has 0 aromatic heterocycles. The van der Waals surface area contributed by atoms with Crippen molar-refractivity contribution >= 4 is 23.2 Å². The number of likely N-dealkylation sites (N-methyl/N-ethyl adjacent to an activating group) is 1. The summed E-state index contributed by atoms with van der Waals surface area (Å²) in [6.07, 6.45) is 0. The van der Waals surface area contributed by atoms with Crippen molar-refractivity contribution in [1.82, 2.24) is 9.80 Å². The molecule has 0 spiro atoms. The first-order chi connectivity index (χ1) is 9.36. The fourth-order valence-electron chi connectivity index (χ4n) is 1.62. The summed E-state index contributed by atoms with van der Waals surface area (Å²) in [5, 5.41) is 2.99. The van der Waals surface area contributed by atoms with Gasteiger partial charge in [-0.1, -0.05) is 0 Å². The Morgan fingerprint density at radius 1 is 1.25 bits per heavy atom.